The van der Waals surface area contributed by atoms with E-state index in [1.54, 1.807) is 0 Å². The zero-order valence-electron chi connectivity index (χ0n) is 15.1. The van der Waals surface area contributed by atoms with Crippen LogP contribution < -0.4 is 5.32 Å². The van der Waals surface area contributed by atoms with Crippen LogP contribution in [0.2, 0.25) is 0 Å². The number of carbonyl (C=O) groups is 1. The van der Waals surface area contributed by atoms with Crippen molar-refractivity contribution < 1.29 is 4.79 Å². The summed E-state index contributed by atoms with van der Waals surface area (Å²) in [6, 6.07) is 0.560. The van der Waals surface area contributed by atoms with Crippen LogP contribution in [0.25, 0.3) is 0 Å². The van der Waals surface area contributed by atoms with Crippen LogP contribution in [0.3, 0.4) is 0 Å². The van der Waals surface area contributed by atoms with Gasteiger partial charge in [-0.05, 0) is 59.5 Å². The van der Waals surface area contributed by atoms with Gasteiger partial charge in [-0.1, -0.05) is 20.8 Å². The Hall–Kier alpha value is -0.610. The van der Waals surface area contributed by atoms with Crippen LogP contribution in [-0.2, 0) is 4.79 Å². The SMILES string of the molecule is CCC1(C)NC(CC(C)C)N(CCCN(C)C(C)C)C1=O. The molecule has 2 unspecified atom stereocenters. The first-order valence-electron chi connectivity index (χ1n) is 8.50. The van der Waals surface area contributed by atoms with Gasteiger partial charge in [0.1, 0.15) is 0 Å². The molecular formula is C17H35N3O. The lowest BCUT2D eigenvalue weighted by molar-refractivity contribution is -0.133. The largest absolute Gasteiger partial charge is 0.325 e. The lowest BCUT2D eigenvalue weighted by Gasteiger charge is -2.27. The van der Waals surface area contributed by atoms with Gasteiger partial charge in [0.05, 0.1) is 11.7 Å². The minimum Gasteiger partial charge on any atom is -0.325 e. The molecule has 124 valence electrons. The smallest absolute Gasteiger partial charge is 0.243 e. The van der Waals surface area contributed by atoms with Gasteiger partial charge in [-0.25, -0.2) is 0 Å². The second-order valence-corrected chi connectivity index (χ2v) is 7.40. The predicted molar refractivity (Wildman–Crippen MR) is 89.2 cm³/mol. The molecule has 1 amide bonds. The van der Waals surface area contributed by atoms with E-state index in [0.29, 0.717) is 12.0 Å². The molecule has 1 aliphatic rings. The fraction of sp³-hybridized carbons (Fsp3) is 0.941. The Bertz CT molecular complexity index is 343. The Morgan fingerprint density at radius 3 is 2.43 bits per heavy atom. The highest BCUT2D eigenvalue weighted by Gasteiger charge is 2.46. The first-order chi connectivity index (χ1) is 9.71. The maximum atomic E-state index is 12.7. The lowest BCUT2D eigenvalue weighted by Crippen LogP contribution is -2.44. The van der Waals surface area contributed by atoms with E-state index in [0.717, 1.165) is 32.4 Å². The standard InChI is InChI=1S/C17H35N3O/c1-8-17(6)16(21)20(15(18-17)12-13(2)3)11-9-10-19(7)14(4)5/h13-15,18H,8-12H2,1-7H3. The van der Waals surface area contributed by atoms with Crippen molar-refractivity contribution in [3.05, 3.63) is 0 Å². The molecule has 1 aliphatic heterocycles. The lowest BCUT2D eigenvalue weighted by atomic mass is 9.99. The van der Waals surface area contributed by atoms with Gasteiger partial charge in [0.25, 0.3) is 0 Å². The fourth-order valence-electron chi connectivity index (χ4n) is 2.86. The fourth-order valence-corrected chi connectivity index (χ4v) is 2.86. The van der Waals surface area contributed by atoms with Gasteiger partial charge in [0.2, 0.25) is 5.91 Å². The van der Waals surface area contributed by atoms with E-state index in [1.165, 1.54) is 0 Å². The van der Waals surface area contributed by atoms with Crippen molar-refractivity contribution in [3.8, 4) is 0 Å². The van der Waals surface area contributed by atoms with Crippen molar-refractivity contribution in [2.45, 2.75) is 78.6 Å². The van der Waals surface area contributed by atoms with Crippen LogP contribution in [-0.4, -0.2) is 53.6 Å². The Morgan fingerprint density at radius 2 is 1.95 bits per heavy atom. The Morgan fingerprint density at radius 1 is 1.33 bits per heavy atom. The third-order valence-corrected chi connectivity index (χ3v) is 4.79. The van der Waals surface area contributed by atoms with E-state index >= 15 is 0 Å². The number of nitrogens with zero attached hydrogens (tertiary/aromatic N) is 2. The number of hydrogen-bond acceptors (Lipinski definition) is 3. The first-order valence-corrected chi connectivity index (χ1v) is 8.50. The summed E-state index contributed by atoms with van der Waals surface area (Å²) < 4.78 is 0. The minimum atomic E-state index is -0.372. The van der Waals surface area contributed by atoms with Gasteiger partial charge >= 0.3 is 0 Å². The maximum Gasteiger partial charge on any atom is 0.243 e. The molecule has 1 N–H and O–H groups in total. The predicted octanol–water partition coefficient (Wildman–Crippen LogP) is 2.69. The average molecular weight is 297 g/mol. The molecule has 1 fully saturated rings. The van der Waals surface area contributed by atoms with Crippen molar-refractivity contribution in [3.63, 3.8) is 0 Å². The van der Waals surface area contributed by atoms with E-state index in [9.17, 15) is 4.79 Å². The van der Waals surface area contributed by atoms with Crippen LogP contribution in [0.1, 0.15) is 60.8 Å². The molecule has 0 spiro atoms. The van der Waals surface area contributed by atoms with E-state index in [4.69, 9.17) is 0 Å². The monoisotopic (exact) mass is 297 g/mol. The van der Waals surface area contributed by atoms with Crippen molar-refractivity contribution in [2.24, 2.45) is 5.92 Å². The molecule has 1 rings (SSSR count). The van der Waals surface area contributed by atoms with E-state index in [-0.39, 0.29) is 17.6 Å². The molecule has 0 saturated carbocycles. The number of rotatable bonds is 8. The van der Waals surface area contributed by atoms with Crippen LogP contribution in [0, 0.1) is 5.92 Å². The summed E-state index contributed by atoms with van der Waals surface area (Å²) in [5.74, 6) is 0.873. The summed E-state index contributed by atoms with van der Waals surface area (Å²) in [5, 5.41) is 3.57. The van der Waals surface area contributed by atoms with Gasteiger partial charge in [0, 0.05) is 12.6 Å². The summed E-state index contributed by atoms with van der Waals surface area (Å²) >= 11 is 0. The highest BCUT2D eigenvalue weighted by Crippen LogP contribution is 2.27. The molecule has 1 saturated heterocycles. The van der Waals surface area contributed by atoms with Gasteiger partial charge < -0.3 is 9.80 Å². The quantitative estimate of drug-likeness (QED) is 0.748. The van der Waals surface area contributed by atoms with Crippen LogP contribution in [0.15, 0.2) is 0 Å². The molecule has 4 heteroatoms. The highest BCUT2D eigenvalue weighted by atomic mass is 16.2. The second-order valence-electron chi connectivity index (χ2n) is 7.40. The van der Waals surface area contributed by atoms with Gasteiger partial charge in [-0.3, -0.25) is 10.1 Å². The molecule has 2 atom stereocenters. The van der Waals surface area contributed by atoms with Crippen LogP contribution in [0.4, 0.5) is 0 Å². The number of carbonyl (C=O) groups excluding carboxylic acids is 1. The van der Waals surface area contributed by atoms with E-state index in [1.807, 2.05) is 6.92 Å². The Kier molecular flexibility index (Phi) is 6.67. The number of nitrogens with one attached hydrogen (secondary N) is 1. The van der Waals surface area contributed by atoms with Gasteiger partial charge in [-0.15, -0.1) is 0 Å². The van der Waals surface area contributed by atoms with Crippen molar-refractivity contribution in [2.75, 3.05) is 20.1 Å². The van der Waals surface area contributed by atoms with E-state index < -0.39 is 0 Å². The third kappa shape index (κ3) is 4.68. The summed E-state index contributed by atoms with van der Waals surface area (Å²) in [7, 11) is 2.15. The molecular weight excluding hydrogens is 262 g/mol. The first kappa shape index (κ1) is 18.4. The molecule has 0 bridgehead atoms. The van der Waals surface area contributed by atoms with Crippen molar-refractivity contribution in [1.82, 2.24) is 15.1 Å². The maximum absolute atomic E-state index is 12.7. The molecule has 1 heterocycles. The van der Waals surface area contributed by atoms with E-state index in [2.05, 4.69) is 56.8 Å². The molecule has 0 aromatic heterocycles. The second kappa shape index (κ2) is 7.59. The zero-order chi connectivity index (χ0) is 16.2. The number of amides is 1. The highest BCUT2D eigenvalue weighted by molar-refractivity contribution is 5.88. The van der Waals surface area contributed by atoms with Crippen LogP contribution >= 0.6 is 0 Å². The molecule has 4 nitrogen and oxygen atoms in total. The van der Waals surface area contributed by atoms with Gasteiger partial charge in [-0.2, -0.15) is 0 Å². The molecule has 0 aromatic carbocycles. The topological polar surface area (TPSA) is 35.6 Å². The molecule has 21 heavy (non-hydrogen) atoms. The van der Waals surface area contributed by atoms with Crippen molar-refractivity contribution in [1.29, 1.82) is 0 Å². The molecule has 0 aliphatic carbocycles. The average Bonchev–Trinajstić information content (AvgIpc) is 2.62. The minimum absolute atomic E-state index is 0.201. The number of hydrogen-bond donors (Lipinski definition) is 1. The Balaban J connectivity index is 2.64. The molecule has 0 radical (unpaired) electrons. The Labute approximate surface area is 131 Å². The van der Waals surface area contributed by atoms with Gasteiger partial charge in [0.15, 0.2) is 0 Å². The normalized spacial score (nSPS) is 26.7. The van der Waals surface area contributed by atoms with Crippen molar-refractivity contribution >= 4 is 5.91 Å². The summed E-state index contributed by atoms with van der Waals surface area (Å²) in [4.78, 5) is 17.1. The summed E-state index contributed by atoms with van der Waals surface area (Å²) in [5.41, 5.74) is -0.372. The summed E-state index contributed by atoms with van der Waals surface area (Å²) in [6.45, 7) is 14.9. The third-order valence-electron chi connectivity index (χ3n) is 4.79. The van der Waals surface area contributed by atoms with Crippen LogP contribution in [0.5, 0.6) is 0 Å². The summed E-state index contributed by atoms with van der Waals surface area (Å²) in [6.07, 6.45) is 3.12. The zero-order valence-corrected chi connectivity index (χ0v) is 15.1. The molecule has 0 aromatic rings.